The van der Waals surface area contributed by atoms with Crippen LogP contribution in [0.1, 0.15) is 29.6 Å². The van der Waals surface area contributed by atoms with Gasteiger partial charge in [-0.25, -0.2) is 4.98 Å². The average molecular weight is 290 g/mol. The molecule has 0 fully saturated rings. The Hall–Kier alpha value is -2.80. The summed E-state index contributed by atoms with van der Waals surface area (Å²) in [7, 11) is 0. The molecule has 4 heteroatoms. The molecule has 3 rings (SSSR count). The zero-order valence-electron chi connectivity index (χ0n) is 13.0. The molecule has 2 aromatic heterocycles. The maximum atomic E-state index is 9.49. The number of rotatable bonds is 3. The lowest BCUT2D eigenvalue weighted by molar-refractivity contribution is 0.762. The van der Waals surface area contributed by atoms with Gasteiger partial charge in [-0.1, -0.05) is 0 Å². The van der Waals surface area contributed by atoms with Gasteiger partial charge >= 0.3 is 0 Å². The molecule has 22 heavy (non-hydrogen) atoms. The maximum absolute atomic E-state index is 9.49. The van der Waals surface area contributed by atoms with Crippen LogP contribution in [0.25, 0.3) is 22.7 Å². The SMILES string of the molecule is CCn1cccc1/C=C(/C#N)c1nc2cc(C)c(C)cc2[nH]1. The summed E-state index contributed by atoms with van der Waals surface area (Å²) < 4.78 is 2.09. The molecule has 0 aliphatic rings. The van der Waals surface area contributed by atoms with Gasteiger partial charge < -0.3 is 9.55 Å². The van der Waals surface area contributed by atoms with Crippen LogP contribution in [0.15, 0.2) is 30.5 Å². The third kappa shape index (κ3) is 2.42. The Morgan fingerprint density at radius 1 is 1.36 bits per heavy atom. The Balaban J connectivity index is 2.10. The molecule has 0 unspecified atom stereocenters. The van der Waals surface area contributed by atoms with Crippen LogP contribution in [0.3, 0.4) is 0 Å². The summed E-state index contributed by atoms with van der Waals surface area (Å²) in [4.78, 5) is 7.82. The lowest BCUT2D eigenvalue weighted by Crippen LogP contribution is -1.95. The van der Waals surface area contributed by atoms with Crippen LogP contribution in [0.2, 0.25) is 0 Å². The molecule has 0 bridgehead atoms. The van der Waals surface area contributed by atoms with Gasteiger partial charge in [0.05, 0.1) is 16.6 Å². The Labute approximate surface area is 129 Å². The number of nitrogens with one attached hydrogen (secondary N) is 1. The average Bonchev–Trinajstić information content (AvgIpc) is 3.11. The Kier molecular flexibility index (Phi) is 3.56. The molecule has 2 heterocycles. The normalized spacial score (nSPS) is 11.8. The second kappa shape index (κ2) is 5.53. The van der Waals surface area contributed by atoms with Gasteiger partial charge in [0.15, 0.2) is 0 Å². The Morgan fingerprint density at radius 3 is 2.86 bits per heavy atom. The third-order valence-electron chi connectivity index (χ3n) is 3.97. The predicted molar refractivity (Wildman–Crippen MR) is 89.2 cm³/mol. The van der Waals surface area contributed by atoms with Crippen molar-refractivity contribution in [2.45, 2.75) is 27.3 Å². The number of allylic oxidation sites excluding steroid dienone is 1. The first-order valence-electron chi connectivity index (χ1n) is 7.36. The number of hydrogen-bond donors (Lipinski definition) is 1. The highest BCUT2D eigenvalue weighted by Gasteiger charge is 2.10. The van der Waals surface area contributed by atoms with Gasteiger partial charge in [0, 0.05) is 18.4 Å². The van der Waals surface area contributed by atoms with E-state index >= 15 is 0 Å². The molecule has 0 saturated heterocycles. The predicted octanol–water partition coefficient (Wildman–Crippen LogP) is 4.07. The minimum atomic E-state index is 0.542. The molecular weight excluding hydrogens is 272 g/mol. The summed E-state index contributed by atoms with van der Waals surface area (Å²) in [6, 6.07) is 10.4. The monoisotopic (exact) mass is 290 g/mol. The number of fused-ring (bicyclic) bond motifs is 1. The Bertz CT molecular complexity index is 864. The van der Waals surface area contributed by atoms with E-state index in [0.717, 1.165) is 23.3 Å². The first-order chi connectivity index (χ1) is 10.6. The number of aromatic nitrogens is 3. The molecule has 0 spiro atoms. The molecule has 0 saturated carbocycles. The molecular formula is C18H18N4. The molecule has 0 aliphatic heterocycles. The van der Waals surface area contributed by atoms with E-state index in [9.17, 15) is 5.26 Å². The number of benzene rings is 1. The topological polar surface area (TPSA) is 57.4 Å². The van der Waals surface area contributed by atoms with Gasteiger partial charge in [-0.2, -0.15) is 5.26 Å². The van der Waals surface area contributed by atoms with Crippen LogP contribution in [-0.2, 0) is 6.54 Å². The van der Waals surface area contributed by atoms with Gasteiger partial charge in [0.2, 0.25) is 0 Å². The van der Waals surface area contributed by atoms with Crippen molar-refractivity contribution in [3.8, 4) is 6.07 Å². The molecule has 1 N–H and O–H groups in total. The summed E-state index contributed by atoms with van der Waals surface area (Å²) >= 11 is 0. The largest absolute Gasteiger partial charge is 0.348 e. The van der Waals surface area contributed by atoms with Crippen molar-refractivity contribution in [1.82, 2.24) is 14.5 Å². The highest BCUT2D eigenvalue weighted by atomic mass is 15.0. The molecule has 0 radical (unpaired) electrons. The number of nitrogens with zero attached hydrogens (tertiary/aromatic N) is 3. The van der Waals surface area contributed by atoms with E-state index in [4.69, 9.17) is 0 Å². The lowest BCUT2D eigenvalue weighted by atomic mass is 10.1. The molecule has 1 aromatic carbocycles. The summed E-state index contributed by atoms with van der Waals surface area (Å²) in [5.41, 5.74) is 5.82. The second-order valence-corrected chi connectivity index (χ2v) is 5.43. The summed E-state index contributed by atoms with van der Waals surface area (Å²) in [6.45, 7) is 7.09. The van der Waals surface area contributed by atoms with E-state index in [1.54, 1.807) is 0 Å². The highest BCUT2D eigenvalue weighted by molar-refractivity contribution is 5.90. The molecule has 0 aliphatic carbocycles. The number of hydrogen-bond acceptors (Lipinski definition) is 2. The molecule has 3 aromatic rings. The van der Waals surface area contributed by atoms with E-state index in [-0.39, 0.29) is 0 Å². The Morgan fingerprint density at radius 2 is 2.14 bits per heavy atom. The first-order valence-corrected chi connectivity index (χ1v) is 7.36. The van der Waals surface area contributed by atoms with Crippen LogP contribution in [-0.4, -0.2) is 14.5 Å². The number of imidazole rings is 1. The van der Waals surface area contributed by atoms with Crippen molar-refractivity contribution >= 4 is 22.7 Å². The number of aryl methyl sites for hydroxylation is 3. The zero-order chi connectivity index (χ0) is 15.7. The fourth-order valence-corrected chi connectivity index (χ4v) is 2.54. The highest BCUT2D eigenvalue weighted by Crippen LogP contribution is 2.22. The fraction of sp³-hybridized carbons (Fsp3) is 0.222. The van der Waals surface area contributed by atoms with Crippen molar-refractivity contribution in [3.05, 3.63) is 53.1 Å². The van der Waals surface area contributed by atoms with Gasteiger partial charge in [-0.3, -0.25) is 0 Å². The summed E-state index contributed by atoms with van der Waals surface area (Å²) in [5, 5.41) is 9.49. The van der Waals surface area contributed by atoms with E-state index in [1.807, 2.05) is 24.4 Å². The summed E-state index contributed by atoms with van der Waals surface area (Å²) in [6.07, 6.45) is 3.88. The first kappa shape index (κ1) is 14.2. The smallest absolute Gasteiger partial charge is 0.149 e. The maximum Gasteiger partial charge on any atom is 0.149 e. The van der Waals surface area contributed by atoms with Crippen LogP contribution in [0.5, 0.6) is 0 Å². The number of H-pyrrole nitrogens is 1. The van der Waals surface area contributed by atoms with Crippen molar-refractivity contribution in [3.63, 3.8) is 0 Å². The van der Waals surface area contributed by atoms with Crippen LogP contribution in [0, 0.1) is 25.2 Å². The number of nitriles is 1. The van der Waals surface area contributed by atoms with Gasteiger partial charge in [0.1, 0.15) is 11.9 Å². The standard InChI is InChI=1S/C18H18N4/c1-4-22-7-5-6-15(22)10-14(11-19)18-20-16-8-12(2)13(3)9-17(16)21-18/h5-10H,4H2,1-3H3,(H,20,21)/b14-10-. The third-order valence-corrected chi connectivity index (χ3v) is 3.97. The van der Waals surface area contributed by atoms with E-state index in [1.165, 1.54) is 11.1 Å². The van der Waals surface area contributed by atoms with Crippen molar-refractivity contribution in [2.24, 2.45) is 0 Å². The zero-order valence-corrected chi connectivity index (χ0v) is 13.0. The van der Waals surface area contributed by atoms with Gasteiger partial charge in [-0.15, -0.1) is 0 Å². The quantitative estimate of drug-likeness (QED) is 0.739. The van der Waals surface area contributed by atoms with E-state index < -0.39 is 0 Å². The van der Waals surface area contributed by atoms with Gasteiger partial charge in [-0.05, 0) is 62.2 Å². The molecule has 4 nitrogen and oxygen atoms in total. The van der Waals surface area contributed by atoms with E-state index in [2.05, 4.69) is 53.5 Å². The number of aromatic amines is 1. The van der Waals surface area contributed by atoms with Crippen LogP contribution < -0.4 is 0 Å². The van der Waals surface area contributed by atoms with Crippen molar-refractivity contribution in [2.75, 3.05) is 0 Å². The second-order valence-electron chi connectivity index (χ2n) is 5.43. The summed E-state index contributed by atoms with van der Waals surface area (Å²) in [5.74, 6) is 0.617. The fourth-order valence-electron chi connectivity index (χ4n) is 2.54. The molecule has 0 atom stereocenters. The van der Waals surface area contributed by atoms with Crippen molar-refractivity contribution < 1.29 is 0 Å². The molecule has 0 amide bonds. The minimum absolute atomic E-state index is 0.542. The van der Waals surface area contributed by atoms with E-state index in [0.29, 0.717) is 11.4 Å². The van der Waals surface area contributed by atoms with Gasteiger partial charge in [0.25, 0.3) is 0 Å². The minimum Gasteiger partial charge on any atom is -0.348 e. The van der Waals surface area contributed by atoms with Crippen LogP contribution >= 0.6 is 0 Å². The molecule has 110 valence electrons. The van der Waals surface area contributed by atoms with Crippen molar-refractivity contribution in [1.29, 1.82) is 5.26 Å². The van der Waals surface area contributed by atoms with Crippen LogP contribution in [0.4, 0.5) is 0 Å². The lowest BCUT2D eigenvalue weighted by Gasteiger charge is -2.01.